The van der Waals surface area contributed by atoms with Gasteiger partial charge in [-0.15, -0.1) is 0 Å². The molecular weight excluding hydrogens is 1800 g/mol. The van der Waals surface area contributed by atoms with Gasteiger partial charge in [-0.3, -0.25) is 24.3 Å². The molecule has 12 aromatic carbocycles. The number of aromatic nitrogens is 16. The highest BCUT2D eigenvalue weighted by atomic mass is 15.1. The van der Waals surface area contributed by atoms with Crippen LogP contribution in [0.5, 0.6) is 0 Å². The van der Waals surface area contributed by atoms with Crippen LogP contribution in [0.15, 0.2) is 383 Å². The molecule has 0 aliphatic heterocycles. The molecule has 0 bridgehead atoms. The number of nitrogens with zero attached hydrogens (tertiary/aromatic N) is 16. The quantitative estimate of drug-likeness (QED) is 0.117. The second kappa shape index (κ2) is 39.4. The first-order chi connectivity index (χ1) is 70.5. The highest BCUT2D eigenvalue weighted by molar-refractivity contribution is 6.23. The lowest BCUT2D eigenvalue weighted by molar-refractivity contribution is 0.543. The molecule has 0 atom stereocenters. The fraction of sp³-hybridized carbons (Fsp3) is 0.198. The lowest BCUT2D eigenvalue weighted by Crippen LogP contribution is -2.18. The summed E-state index contributed by atoms with van der Waals surface area (Å²) in [5.41, 5.74) is 32.4. The number of hydrogen-bond donors (Lipinski definition) is 0. The average molecular weight is 1920 g/mol. The molecule has 0 unspecified atom stereocenters. The van der Waals surface area contributed by atoms with Gasteiger partial charge >= 0.3 is 0 Å². The third-order valence-electron chi connectivity index (χ3n) is 27.8. The molecule has 724 valence electrons. The molecule has 2 aliphatic rings. The van der Waals surface area contributed by atoms with E-state index in [0.717, 1.165) is 89.8 Å². The van der Waals surface area contributed by atoms with Crippen molar-refractivity contribution in [3.8, 4) is 136 Å². The summed E-state index contributed by atoms with van der Waals surface area (Å²) in [6, 6.07) is 117. The second-order valence-electron chi connectivity index (χ2n) is 44.2. The van der Waals surface area contributed by atoms with Gasteiger partial charge in [-0.05, 0) is 196 Å². The monoisotopic (exact) mass is 1920 g/mol. The summed E-state index contributed by atoms with van der Waals surface area (Å²) in [7, 11) is 0. The molecule has 16 heteroatoms. The lowest BCUT2D eigenvalue weighted by atomic mass is 9.78. The van der Waals surface area contributed by atoms with Crippen LogP contribution in [0.4, 0.5) is 0 Å². The maximum absolute atomic E-state index is 5.17. The Kier molecular flexibility index (Phi) is 26.1. The van der Waals surface area contributed by atoms with Crippen molar-refractivity contribution in [2.24, 2.45) is 0 Å². The van der Waals surface area contributed by atoms with Crippen LogP contribution in [0.3, 0.4) is 0 Å². The predicted octanol–water partition coefficient (Wildman–Crippen LogP) is 32.0. The standard InChI is InChI=1S/C36H33N.C34H31N3.C27H22N2.2C17H17N5/c1-35(2,3)28-17-19-30-29-18-16-26(20-31(29)36(4,5)32(30)23-28)34-22-27(24-12-8-6-9-13-24)21-33(37-34)25-14-10-7-11-15-25;1-33(2,3)25-17-19-27-26-18-16-24(20-28(26)34(4,5)29(27)21-25)32-36-30(22-12-8-6-9-13-22)35-31(37-32)23-14-10-7-11-15-23;1-27(2,3)18-13-15-20-21-14-12-17-8-4-5-9-19(17)25(21)26-28-22-10-6-7-11-23(22)29(26)24(20)16-18;1-17(2,3)16-21-14(12-4-8-18-9-5-12)20-15(22-16)13-6-10-19-11-7-13;1-17(2,3)16-21-14(12-6-4-8-18-10-12)20-15(22-16)13-7-5-9-19-11-13/h6-23H,1-5H3;6-21H,1-5H3;4-16H,1-3H3;2*4-11H,1-3H3. The minimum atomic E-state index is -0.170. The first-order valence-electron chi connectivity index (χ1n) is 50.4. The van der Waals surface area contributed by atoms with E-state index in [1.807, 2.05) is 109 Å². The number of para-hydroxylation sites is 2. The Bertz CT molecular complexity index is 8010. The number of imidazole rings is 1. The smallest absolute Gasteiger partial charge is 0.165 e. The molecule has 24 rings (SSSR count). The molecule has 10 heterocycles. The van der Waals surface area contributed by atoms with Gasteiger partial charge in [0, 0.05) is 132 Å². The summed E-state index contributed by atoms with van der Waals surface area (Å²) in [5.74, 6) is 6.16. The van der Waals surface area contributed by atoms with E-state index < -0.39 is 0 Å². The Balaban J connectivity index is 0.000000113. The normalized spacial score (nSPS) is 12.8. The Hall–Kier alpha value is -16.9. The van der Waals surface area contributed by atoms with Gasteiger partial charge in [0.2, 0.25) is 0 Å². The van der Waals surface area contributed by atoms with Crippen LogP contribution < -0.4 is 0 Å². The van der Waals surface area contributed by atoms with Gasteiger partial charge in [-0.2, -0.15) is 0 Å². The molecule has 2 aliphatic carbocycles. The van der Waals surface area contributed by atoms with E-state index in [1.54, 1.807) is 49.6 Å². The summed E-state index contributed by atoms with van der Waals surface area (Å²) in [5, 5.41) is 6.28. The van der Waals surface area contributed by atoms with Crippen LogP contribution in [0.25, 0.3) is 185 Å². The SMILES string of the molecule is CC(C)(C)c1ccc2c(c1)C(C)(C)c1cc(-c3cc(-c4ccccc4)cc(-c4ccccc4)n3)ccc1-2.CC(C)(C)c1ccc2c(c1)C(C)(C)c1cc(-c3nc(-c4ccccc4)nc(-c4ccccc4)n3)ccc1-2.CC(C)(C)c1ccc2c3ccc4ccccc4c3c3nc4ccccc4n3c2c1.CC(C)(C)c1nc(-c2cccnc2)nc(-c2cccnc2)n1.CC(C)(C)c1nc(-c2ccncc2)nc(-c2ccncc2)n1. The Morgan fingerprint density at radius 1 is 0.218 bits per heavy atom. The van der Waals surface area contributed by atoms with Gasteiger partial charge in [0.1, 0.15) is 17.3 Å². The van der Waals surface area contributed by atoms with Crippen molar-refractivity contribution in [3.05, 3.63) is 434 Å². The number of pyridine rings is 6. The number of rotatable bonds is 10. The van der Waals surface area contributed by atoms with E-state index in [4.69, 9.17) is 24.9 Å². The number of benzene rings is 12. The maximum atomic E-state index is 5.17. The molecule has 0 saturated heterocycles. The van der Waals surface area contributed by atoms with Gasteiger partial charge in [0.05, 0.1) is 27.9 Å². The second-order valence-corrected chi connectivity index (χ2v) is 44.2. The largest absolute Gasteiger partial charge is 0.292 e. The lowest BCUT2D eigenvalue weighted by Gasteiger charge is -2.25. The Labute approximate surface area is 861 Å². The van der Waals surface area contributed by atoms with Crippen LogP contribution in [-0.4, -0.2) is 79.2 Å². The molecule has 0 radical (unpaired) electrons. The van der Waals surface area contributed by atoms with Crippen LogP contribution in [0.1, 0.15) is 182 Å². The first-order valence-corrected chi connectivity index (χ1v) is 50.4. The van der Waals surface area contributed by atoms with Gasteiger partial charge in [-0.25, -0.2) is 54.8 Å². The van der Waals surface area contributed by atoms with Gasteiger partial charge in [-0.1, -0.05) is 374 Å². The zero-order chi connectivity index (χ0) is 102. The Morgan fingerprint density at radius 3 is 1.04 bits per heavy atom. The van der Waals surface area contributed by atoms with Gasteiger partial charge in [0.25, 0.3) is 0 Å². The van der Waals surface area contributed by atoms with Crippen LogP contribution >= 0.6 is 0 Å². The molecule has 16 nitrogen and oxygen atoms in total. The molecule has 0 spiro atoms. The van der Waals surface area contributed by atoms with Crippen molar-refractivity contribution in [1.82, 2.24) is 79.2 Å². The Morgan fingerprint density at radius 2 is 0.578 bits per heavy atom. The van der Waals surface area contributed by atoms with Crippen molar-refractivity contribution in [3.63, 3.8) is 0 Å². The van der Waals surface area contributed by atoms with Gasteiger partial charge in [0.15, 0.2) is 40.8 Å². The van der Waals surface area contributed by atoms with Crippen LogP contribution in [-0.2, 0) is 37.9 Å². The van der Waals surface area contributed by atoms with Crippen LogP contribution in [0.2, 0.25) is 0 Å². The zero-order valence-electron chi connectivity index (χ0n) is 87.0. The summed E-state index contributed by atoms with van der Waals surface area (Å²) in [6.07, 6.45) is 13.9. The minimum absolute atomic E-state index is 0.0682. The molecule has 0 amide bonds. The molecule has 10 aromatic heterocycles. The van der Waals surface area contributed by atoms with Crippen LogP contribution in [0, 0.1) is 0 Å². The third kappa shape index (κ3) is 20.2. The zero-order valence-corrected chi connectivity index (χ0v) is 87.0. The molecule has 0 N–H and O–H groups in total. The molecule has 147 heavy (non-hydrogen) atoms. The fourth-order valence-corrected chi connectivity index (χ4v) is 19.4. The van der Waals surface area contributed by atoms with Gasteiger partial charge < -0.3 is 0 Å². The van der Waals surface area contributed by atoms with Crippen molar-refractivity contribution in [2.45, 2.75) is 169 Å². The summed E-state index contributed by atoms with van der Waals surface area (Å²) in [6.45, 7) is 42.4. The topological polar surface area (TPSA) is 198 Å². The first kappa shape index (κ1) is 97.6. The molecule has 0 saturated carbocycles. The highest BCUT2D eigenvalue weighted by Gasteiger charge is 2.39. The maximum Gasteiger partial charge on any atom is 0.165 e. The molecule has 22 aromatic rings. The molecular formula is C131H120N16. The predicted molar refractivity (Wildman–Crippen MR) is 603 cm³/mol. The van der Waals surface area contributed by atoms with Crippen molar-refractivity contribution in [2.75, 3.05) is 0 Å². The highest BCUT2D eigenvalue weighted by Crippen LogP contribution is 2.53. The van der Waals surface area contributed by atoms with E-state index in [2.05, 4.69) is 410 Å². The minimum Gasteiger partial charge on any atom is -0.292 e. The van der Waals surface area contributed by atoms with E-state index in [-0.39, 0.29) is 37.9 Å². The van der Waals surface area contributed by atoms with E-state index >= 15 is 0 Å². The van der Waals surface area contributed by atoms with Crippen molar-refractivity contribution < 1.29 is 0 Å². The fourth-order valence-electron chi connectivity index (χ4n) is 19.4. The van der Waals surface area contributed by atoms with E-state index in [9.17, 15) is 0 Å². The number of hydrogen-bond acceptors (Lipinski definition) is 15. The summed E-state index contributed by atoms with van der Waals surface area (Å²) < 4.78 is 2.36. The summed E-state index contributed by atoms with van der Waals surface area (Å²) in [4.78, 5) is 69.1. The van der Waals surface area contributed by atoms with E-state index in [1.165, 1.54) is 105 Å². The summed E-state index contributed by atoms with van der Waals surface area (Å²) >= 11 is 0. The number of fused-ring (bicyclic) bond motifs is 16. The van der Waals surface area contributed by atoms with Crippen molar-refractivity contribution in [1.29, 1.82) is 0 Å². The van der Waals surface area contributed by atoms with E-state index in [0.29, 0.717) is 40.8 Å². The van der Waals surface area contributed by atoms with Crippen molar-refractivity contribution >= 4 is 49.1 Å². The third-order valence-corrected chi connectivity index (χ3v) is 27.8. The molecule has 0 fully saturated rings. The average Bonchev–Trinajstić information content (AvgIpc) is 1.61.